The highest BCUT2D eigenvalue weighted by atomic mass is 32.1. The second kappa shape index (κ2) is 8.83. The molecule has 2 aromatic rings. The normalized spacial score (nSPS) is 10.6. The van der Waals surface area contributed by atoms with Crippen molar-refractivity contribution in [3.8, 4) is 5.75 Å². The summed E-state index contributed by atoms with van der Waals surface area (Å²) in [6.07, 6.45) is 3.06. The van der Waals surface area contributed by atoms with E-state index in [1.165, 1.54) is 6.08 Å². The summed E-state index contributed by atoms with van der Waals surface area (Å²) in [5.74, 6) is -0.135. The minimum atomic E-state index is -0.504. The van der Waals surface area contributed by atoms with Gasteiger partial charge in [-0.15, -0.1) is 11.3 Å². The van der Waals surface area contributed by atoms with Gasteiger partial charge in [-0.25, -0.2) is 9.78 Å². The van der Waals surface area contributed by atoms with Crippen molar-refractivity contribution < 1.29 is 19.1 Å². The number of carbonyl (C=O) groups is 2. The summed E-state index contributed by atoms with van der Waals surface area (Å²) >= 11 is 1.16. The zero-order valence-electron chi connectivity index (χ0n) is 13.4. The topological polar surface area (TPSA) is 77.5 Å². The van der Waals surface area contributed by atoms with Crippen molar-refractivity contribution in [2.24, 2.45) is 0 Å². The maximum absolute atomic E-state index is 12.0. The average molecular weight is 346 g/mol. The molecule has 1 aromatic heterocycles. The Kier molecular flexibility index (Phi) is 6.51. The van der Waals surface area contributed by atoms with Gasteiger partial charge in [0.25, 0.3) is 0 Å². The van der Waals surface area contributed by atoms with Crippen LogP contribution in [0.1, 0.15) is 29.9 Å². The van der Waals surface area contributed by atoms with Gasteiger partial charge in [-0.05, 0) is 26.0 Å². The fourth-order valence-electron chi connectivity index (χ4n) is 1.85. The zero-order chi connectivity index (χ0) is 17.4. The molecule has 7 heteroatoms. The Labute approximate surface area is 144 Å². The van der Waals surface area contributed by atoms with Crippen molar-refractivity contribution >= 4 is 34.4 Å². The third-order valence-electron chi connectivity index (χ3n) is 2.85. The summed E-state index contributed by atoms with van der Waals surface area (Å²) in [6.45, 7) is 4.45. The van der Waals surface area contributed by atoms with Crippen molar-refractivity contribution in [1.82, 2.24) is 4.98 Å². The Morgan fingerprint density at radius 3 is 2.79 bits per heavy atom. The van der Waals surface area contributed by atoms with Crippen LogP contribution in [-0.4, -0.2) is 30.1 Å². The fraction of sp³-hybridized carbons (Fsp3) is 0.235. The lowest BCUT2D eigenvalue weighted by Gasteiger charge is -2.06. The maximum atomic E-state index is 12.0. The van der Waals surface area contributed by atoms with Crippen LogP contribution in [0.4, 0.5) is 5.13 Å². The number of hydrogen-bond donors (Lipinski definition) is 1. The van der Waals surface area contributed by atoms with Crippen LogP contribution in [0, 0.1) is 0 Å². The fourth-order valence-corrected chi connectivity index (χ4v) is 2.53. The predicted octanol–water partition coefficient (Wildman–Crippen LogP) is 3.37. The molecule has 0 spiro atoms. The molecule has 0 fully saturated rings. The number of para-hydroxylation sites is 1. The van der Waals surface area contributed by atoms with Crippen LogP contribution in [0.3, 0.4) is 0 Å². The highest BCUT2D eigenvalue weighted by Gasteiger charge is 2.12. The number of esters is 1. The lowest BCUT2D eigenvalue weighted by Crippen LogP contribution is -2.09. The lowest BCUT2D eigenvalue weighted by atomic mass is 10.2. The minimum Gasteiger partial charge on any atom is -0.493 e. The van der Waals surface area contributed by atoms with Crippen molar-refractivity contribution in [2.75, 3.05) is 18.5 Å². The van der Waals surface area contributed by atoms with E-state index in [0.29, 0.717) is 17.5 Å². The molecule has 24 heavy (non-hydrogen) atoms. The van der Waals surface area contributed by atoms with Gasteiger partial charge < -0.3 is 9.47 Å². The lowest BCUT2D eigenvalue weighted by molar-refractivity contribution is -0.111. The standard InChI is InChI=1S/C17H18N2O4S/c1-3-22-14-8-6-5-7-12(14)9-10-15(20)19-17-18-13(11-24-17)16(21)23-4-2/h5-11H,3-4H2,1-2H3,(H,18,19,20)/b10-9+. The first-order valence-electron chi connectivity index (χ1n) is 7.47. The van der Waals surface area contributed by atoms with Gasteiger partial charge in [-0.3, -0.25) is 10.1 Å². The van der Waals surface area contributed by atoms with Gasteiger partial charge in [-0.2, -0.15) is 0 Å². The Bertz CT molecular complexity index is 740. The molecule has 0 radical (unpaired) electrons. The molecule has 0 saturated heterocycles. The van der Waals surface area contributed by atoms with E-state index >= 15 is 0 Å². The number of amides is 1. The van der Waals surface area contributed by atoms with Crippen LogP contribution in [0.2, 0.25) is 0 Å². The van der Waals surface area contributed by atoms with Crippen LogP contribution in [0.15, 0.2) is 35.7 Å². The van der Waals surface area contributed by atoms with Gasteiger partial charge in [0, 0.05) is 17.0 Å². The number of rotatable bonds is 7. The van der Waals surface area contributed by atoms with E-state index in [4.69, 9.17) is 9.47 Å². The number of nitrogens with one attached hydrogen (secondary N) is 1. The number of thiazole rings is 1. The molecule has 6 nitrogen and oxygen atoms in total. The SMILES string of the molecule is CCOC(=O)c1csc(NC(=O)/C=C/c2ccccc2OCC)n1. The highest BCUT2D eigenvalue weighted by molar-refractivity contribution is 7.14. The summed E-state index contributed by atoms with van der Waals surface area (Å²) in [4.78, 5) is 27.5. The van der Waals surface area contributed by atoms with Crippen LogP contribution in [0.5, 0.6) is 5.75 Å². The molecule has 2 rings (SSSR count). The van der Waals surface area contributed by atoms with Gasteiger partial charge in [0.05, 0.1) is 13.2 Å². The smallest absolute Gasteiger partial charge is 0.357 e. The first-order chi connectivity index (χ1) is 11.6. The second-order valence-corrected chi connectivity index (χ2v) is 5.41. The summed E-state index contributed by atoms with van der Waals surface area (Å²) in [7, 11) is 0. The van der Waals surface area contributed by atoms with Crippen molar-refractivity contribution in [1.29, 1.82) is 0 Å². The van der Waals surface area contributed by atoms with Crippen molar-refractivity contribution in [3.05, 3.63) is 47.0 Å². The van der Waals surface area contributed by atoms with E-state index in [9.17, 15) is 9.59 Å². The highest BCUT2D eigenvalue weighted by Crippen LogP contribution is 2.20. The summed E-state index contributed by atoms with van der Waals surface area (Å²) in [6, 6.07) is 7.44. The molecule has 0 unspecified atom stereocenters. The number of nitrogens with zero attached hydrogens (tertiary/aromatic N) is 1. The number of aromatic nitrogens is 1. The van der Waals surface area contributed by atoms with E-state index in [-0.39, 0.29) is 18.2 Å². The second-order valence-electron chi connectivity index (χ2n) is 4.55. The van der Waals surface area contributed by atoms with Gasteiger partial charge in [0.15, 0.2) is 10.8 Å². The quantitative estimate of drug-likeness (QED) is 0.614. The predicted molar refractivity (Wildman–Crippen MR) is 93.3 cm³/mol. The van der Waals surface area contributed by atoms with Crippen LogP contribution in [0.25, 0.3) is 6.08 Å². The van der Waals surface area contributed by atoms with Gasteiger partial charge in [0.1, 0.15) is 5.75 Å². The monoisotopic (exact) mass is 346 g/mol. The summed E-state index contributed by atoms with van der Waals surface area (Å²) in [5.41, 5.74) is 0.990. The van der Waals surface area contributed by atoms with Gasteiger partial charge >= 0.3 is 5.97 Å². The number of anilines is 1. The summed E-state index contributed by atoms with van der Waals surface area (Å²) < 4.78 is 10.3. The molecule has 0 saturated carbocycles. The van der Waals surface area contributed by atoms with Crippen LogP contribution in [-0.2, 0) is 9.53 Å². The average Bonchev–Trinajstić information content (AvgIpc) is 3.03. The first kappa shape index (κ1) is 17.7. The first-order valence-corrected chi connectivity index (χ1v) is 8.35. The van der Waals surface area contributed by atoms with Gasteiger partial charge in [-0.1, -0.05) is 18.2 Å². The van der Waals surface area contributed by atoms with Crippen LogP contribution >= 0.6 is 11.3 Å². The van der Waals surface area contributed by atoms with Crippen molar-refractivity contribution in [3.63, 3.8) is 0 Å². The van der Waals surface area contributed by atoms with E-state index in [1.807, 2.05) is 31.2 Å². The Hall–Kier alpha value is -2.67. The molecular formula is C17H18N2O4S. The van der Waals surface area contributed by atoms with E-state index in [1.54, 1.807) is 18.4 Å². The minimum absolute atomic E-state index is 0.183. The number of ether oxygens (including phenoxy) is 2. The molecule has 1 amide bonds. The molecule has 1 N–H and O–H groups in total. The van der Waals surface area contributed by atoms with E-state index < -0.39 is 5.97 Å². The Balaban J connectivity index is 2.00. The number of carbonyl (C=O) groups excluding carboxylic acids is 2. The molecule has 0 aliphatic heterocycles. The van der Waals surface area contributed by atoms with Gasteiger partial charge in [0.2, 0.25) is 5.91 Å². The largest absolute Gasteiger partial charge is 0.493 e. The third-order valence-corrected chi connectivity index (χ3v) is 3.61. The van der Waals surface area contributed by atoms with E-state index in [2.05, 4.69) is 10.3 Å². The molecule has 0 aliphatic rings. The number of hydrogen-bond acceptors (Lipinski definition) is 6. The number of benzene rings is 1. The summed E-state index contributed by atoms with van der Waals surface area (Å²) in [5, 5.41) is 4.50. The molecule has 0 aliphatic carbocycles. The maximum Gasteiger partial charge on any atom is 0.357 e. The third kappa shape index (κ3) is 4.92. The van der Waals surface area contributed by atoms with Crippen molar-refractivity contribution in [2.45, 2.75) is 13.8 Å². The molecular weight excluding hydrogens is 328 g/mol. The molecule has 1 aromatic carbocycles. The molecule has 1 heterocycles. The molecule has 0 bridgehead atoms. The zero-order valence-corrected chi connectivity index (χ0v) is 14.3. The molecule has 126 valence electrons. The Morgan fingerprint density at radius 1 is 1.25 bits per heavy atom. The Morgan fingerprint density at radius 2 is 2.04 bits per heavy atom. The van der Waals surface area contributed by atoms with Crippen LogP contribution < -0.4 is 10.1 Å². The molecule has 0 atom stereocenters. The van der Waals surface area contributed by atoms with E-state index in [0.717, 1.165) is 16.9 Å².